The molecule has 4 aromatic rings. The van der Waals surface area contributed by atoms with Crippen LogP contribution < -0.4 is 15.0 Å². The Balaban J connectivity index is 1.67. The molecule has 0 aliphatic heterocycles. The Labute approximate surface area is 218 Å². The van der Waals surface area contributed by atoms with Gasteiger partial charge in [0, 0.05) is 16.5 Å². The number of hydrogen-bond acceptors (Lipinski definition) is 6. The average molecular weight is 596 g/mol. The van der Waals surface area contributed by atoms with E-state index in [-0.39, 0.29) is 12.2 Å². The lowest BCUT2D eigenvalue weighted by molar-refractivity contribution is 0.282. The SMILES string of the molecule is CCc1nc2ccc(Br)cc2c(=O)n1N=Cc1cc(Br)c(OCc2ccccc2C#N)c(OC)c1. The van der Waals surface area contributed by atoms with Gasteiger partial charge >= 0.3 is 0 Å². The summed E-state index contributed by atoms with van der Waals surface area (Å²) >= 11 is 6.95. The Morgan fingerprint density at radius 2 is 1.97 bits per heavy atom. The first-order valence-electron chi connectivity index (χ1n) is 10.7. The van der Waals surface area contributed by atoms with Crippen molar-refractivity contribution in [3.8, 4) is 17.6 Å². The number of nitriles is 1. The molecule has 0 atom stereocenters. The summed E-state index contributed by atoms with van der Waals surface area (Å²) in [6.45, 7) is 2.13. The summed E-state index contributed by atoms with van der Waals surface area (Å²) < 4.78 is 14.3. The standard InChI is InChI=1S/C26H20Br2N4O3/c1-3-24-31-22-9-8-19(27)12-20(22)26(33)32(24)30-14-16-10-21(28)25(23(11-16)34-2)35-15-18-7-5-4-6-17(18)13-29/h4-12,14H,3,15H2,1-2H3. The number of fused-ring (bicyclic) bond motifs is 1. The van der Waals surface area contributed by atoms with Crippen LogP contribution in [0.2, 0.25) is 0 Å². The van der Waals surface area contributed by atoms with Gasteiger partial charge < -0.3 is 9.47 Å². The Kier molecular flexibility index (Phi) is 7.63. The number of nitrogens with zero attached hydrogens (tertiary/aromatic N) is 4. The van der Waals surface area contributed by atoms with E-state index in [4.69, 9.17) is 9.47 Å². The fourth-order valence-electron chi connectivity index (χ4n) is 3.53. The van der Waals surface area contributed by atoms with Crippen LogP contribution in [0.15, 0.2) is 73.4 Å². The third-order valence-electron chi connectivity index (χ3n) is 5.28. The monoisotopic (exact) mass is 594 g/mol. The summed E-state index contributed by atoms with van der Waals surface area (Å²) in [5.74, 6) is 1.54. The van der Waals surface area contributed by atoms with E-state index in [1.54, 1.807) is 31.5 Å². The first-order chi connectivity index (χ1) is 16.9. The van der Waals surface area contributed by atoms with E-state index in [9.17, 15) is 10.1 Å². The van der Waals surface area contributed by atoms with Gasteiger partial charge in [0.15, 0.2) is 11.5 Å². The Morgan fingerprint density at radius 1 is 1.17 bits per heavy atom. The molecular formula is C26H20Br2N4O3. The zero-order chi connectivity index (χ0) is 24.9. The molecule has 0 fully saturated rings. The molecule has 0 unspecified atom stereocenters. The van der Waals surface area contributed by atoms with Crippen LogP contribution >= 0.6 is 31.9 Å². The van der Waals surface area contributed by atoms with E-state index in [1.807, 2.05) is 43.3 Å². The van der Waals surface area contributed by atoms with Gasteiger partial charge in [0.1, 0.15) is 12.4 Å². The minimum absolute atomic E-state index is 0.208. The molecule has 0 saturated heterocycles. The molecule has 1 aromatic heterocycles. The number of hydrogen-bond donors (Lipinski definition) is 0. The van der Waals surface area contributed by atoms with E-state index in [0.29, 0.717) is 50.2 Å². The molecule has 0 aliphatic carbocycles. The maximum Gasteiger partial charge on any atom is 0.282 e. The number of ether oxygens (including phenoxy) is 2. The van der Waals surface area contributed by atoms with Crippen LogP contribution in [0.25, 0.3) is 10.9 Å². The Morgan fingerprint density at radius 3 is 2.71 bits per heavy atom. The number of benzene rings is 3. The largest absolute Gasteiger partial charge is 0.493 e. The second-order valence-corrected chi connectivity index (χ2v) is 9.27. The molecule has 0 aliphatic rings. The van der Waals surface area contributed by atoms with Crippen LogP contribution in [0, 0.1) is 11.3 Å². The highest BCUT2D eigenvalue weighted by atomic mass is 79.9. The molecule has 0 N–H and O–H groups in total. The van der Waals surface area contributed by atoms with Crippen LogP contribution in [0.4, 0.5) is 0 Å². The zero-order valence-electron chi connectivity index (χ0n) is 19.0. The van der Waals surface area contributed by atoms with E-state index >= 15 is 0 Å². The molecule has 35 heavy (non-hydrogen) atoms. The van der Waals surface area contributed by atoms with Crippen molar-refractivity contribution in [3.63, 3.8) is 0 Å². The third-order valence-corrected chi connectivity index (χ3v) is 6.36. The van der Waals surface area contributed by atoms with E-state index in [2.05, 4.69) is 48.0 Å². The van der Waals surface area contributed by atoms with Crippen molar-refractivity contribution >= 4 is 49.0 Å². The summed E-state index contributed by atoms with van der Waals surface area (Å²) in [6.07, 6.45) is 2.12. The number of halogens is 2. The van der Waals surface area contributed by atoms with Crippen molar-refractivity contribution in [2.75, 3.05) is 7.11 Å². The summed E-state index contributed by atoms with van der Waals surface area (Å²) in [7, 11) is 1.55. The number of methoxy groups -OCH3 is 1. The fourth-order valence-corrected chi connectivity index (χ4v) is 4.46. The highest BCUT2D eigenvalue weighted by Crippen LogP contribution is 2.37. The predicted molar refractivity (Wildman–Crippen MR) is 142 cm³/mol. The number of rotatable bonds is 7. The smallest absolute Gasteiger partial charge is 0.282 e. The van der Waals surface area contributed by atoms with Gasteiger partial charge in [-0.05, 0) is 57.9 Å². The molecule has 4 rings (SSSR count). The van der Waals surface area contributed by atoms with Gasteiger partial charge in [-0.25, -0.2) is 4.98 Å². The van der Waals surface area contributed by atoms with E-state index in [1.165, 1.54) is 4.68 Å². The van der Waals surface area contributed by atoms with Crippen LogP contribution in [-0.4, -0.2) is 23.0 Å². The maximum atomic E-state index is 13.1. The van der Waals surface area contributed by atoms with E-state index < -0.39 is 0 Å². The Bertz CT molecular complexity index is 1540. The van der Waals surface area contributed by atoms with Gasteiger partial charge in [-0.15, -0.1) is 0 Å². The molecule has 176 valence electrons. The minimum Gasteiger partial charge on any atom is -0.493 e. The Hall–Kier alpha value is -3.48. The molecule has 1 heterocycles. The molecule has 0 spiro atoms. The third kappa shape index (κ3) is 5.29. The van der Waals surface area contributed by atoms with Gasteiger partial charge in [0.2, 0.25) is 0 Å². The number of aromatic nitrogens is 2. The first-order valence-corrected chi connectivity index (χ1v) is 12.3. The van der Waals surface area contributed by atoms with Crippen LogP contribution in [0.3, 0.4) is 0 Å². The van der Waals surface area contributed by atoms with Crippen molar-refractivity contribution in [1.29, 1.82) is 5.26 Å². The molecule has 3 aromatic carbocycles. The molecule has 0 radical (unpaired) electrons. The van der Waals surface area contributed by atoms with Gasteiger partial charge in [0.05, 0.1) is 40.3 Å². The van der Waals surface area contributed by atoms with Gasteiger partial charge in [0.25, 0.3) is 5.56 Å². The lowest BCUT2D eigenvalue weighted by Crippen LogP contribution is -2.22. The second-order valence-electron chi connectivity index (χ2n) is 7.50. The molecule has 0 bridgehead atoms. The van der Waals surface area contributed by atoms with E-state index in [0.717, 1.165) is 10.0 Å². The molecule has 7 nitrogen and oxygen atoms in total. The van der Waals surface area contributed by atoms with Gasteiger partial charge in [-0.3, -0.25) is 4.79 Å². The molecule has 0 amide bonds. The quantitative estimate of drug-likeness (QED) is 0.251. The predicted octanol–water partition coefficient (Wildman–Crippen LogP) is 5.83. The van der Waals surface area contributed by atoms with Crippen LogP contribution in [0.5, 0.6) is 11.5 Å². The van der Waals surface area contributed by atoms with Crippen molar-refractivity contribution in [2.45, 2.75) is 20.0 Å². The van der Waals surface area contributed by atoms with Gasteiger partial charge in [-0.2, -0.15) is 15.0 Å². The fraction of sp³-hybridized carbons (Fsp3) is 0.154. The minimum atomic E-state index is -0.244. The molecule has 0 saturated carbocycles. The topological polar surface area (TPSA) is 89.5 Å². The summed E-state index contributed by atoms with van der Waals surface area (Å²) in [5.41, 5.74) is 2.41. The zero-order valence-corrected chi connectivity index (χ0v) is 22.1. The molecular weight excluding hydrogens is 576 g/mol. The lowest BCUT2D eigenvalue weighted by Gasteiger charge is -2.14. The second kappa shape index (κ2) is 10.8. The van der Waals surface area contributed by atoms with Crippen LogP contribution in [-0.2, 0) is 13.0 Å². The van der Waals surface area contributed by atoms with Crippen molar-refractivity contribution in [3.05, 3.63) is 96.4 Å². The van der Waals surface area contributed by atoms with Crippen molar-refractivity contribution < 1.29 is 9.47 Å². The molecule has 9 heteroatoms. The average Bonchev–Trinajstić information content (AvgIpc) is 2.87. The maximum absolute atomic E-state index is 13.1. The lowest BCUT2D eigenvalue weighted by atomic mass is 10.1. The summed E-state index contributed by atoms with van der Waals surface area (Å²) in [6, 6.07) is 18.4. The normalized spacial score (nSPS) is 11.1. The summed E-state index contributed by atoms with van der Waals surface area (Å²) in [5, 5.41) is 14.2. The highest BCUT2D eigenvalue weighted by Gasteiger charge is 2.14. The first kappa shape index (κ1) is 24.6. The van der Waals surface area contributed by atoms with Crippen molar-refractivity contribution in [1.82, 2.24) is 9.66 Å². The number of aryl methyl sites for hydroxylation is 1. The van der Waals surface area contributed by atoms with Gasteiger partial charge in [-0.1, -0.05) is 41.1 Å². The van der Waals surface area contributed by atoms with Crippen molar-refractivity contribution in [2.24, 2.45) is 5.10 Å². The summed E-state index contributed by atoms with van der Waals surface area (Å²) in [4.78, 5) is 17.7. The van der Waals surface area contributed by atoms with Crippen LogP contribution in [0.1, 0.15) is 29.4 Å². The highest BCUT2D eigenvalue weighted by molar-refractivity contribution is 9.10.